The molecule has 4 heterocycles. The maximum absolute atomic E-state index is 13.8. The van der Waals surface area contributed by atoms with Crippen molar-refractivity contribution in [2.45, 2.75) is 45.6 Å². The van der Waals surface area contributed by atoms with Crippen LogP contribution in [0.1, 0.15) is 64.3 Å². The van der Waals surface area contributed by atoms with E-state index in [1.54, 1.807) is 19.4 Å². The summed E-state index contributed by atoms with van der Waals surface area (Å²) in [6, 6.07) is 13.6. The van der Waals surface area contributed by atoms with Gasteiger partial charge < -0.3 is 9.64 Å². The van der Waals surface area contributed by atoms with Gasteiger partial charge in [-0.3, -0.25) is 14.2 Å². The number of amides is 1. The molecule has 1 fully saturated rings. The number of fused-ring (bicyclic) bond motifs is 1. The van der Waals surface area contributed by atoms with Crippen molar-refractivity contribution < 1.29 is 9.53 Å². The first-order valence-electron chi connectivity index (χ1n) is 11.7. The Balaban J connectivity index is 1.47. The molecule has 1 atom stereocenters. The normalized spacial score (nSPS) is 16.1. The number of aryl methyl sites for hydroxylation is 2. The summed E-state index contributed by atoms with van der Waals surface area (Å²) in [5.74, 6) is 2.62. The van der Waals surface area contributed by atoms with Gasteiger partial charge in [-0.2, -0.15) is 0 Å². The van der Waals surface area contributed by atoms with E-state index in [4.69, 9.17) is 9.72 Å². The molecule has 0 aliphatic carbocycles. The quantitative estimate of drug-likeness (QED) is 0.436. The molecule has 7 nitrogen and oxygen atoms in total. The van der Waals surface area contributed by atoms with Crippen molar-refractivity contribution in [3.8, 4) is 5.75 Å². The van der Waals surface area contributed by atoms with Crippen LogP contribution in [0.3, 0.4) is 0 Å². The predicted molar refractivity (Wildman–Crippen MR) is 130 cm³/mol. The van der Waals surface area contributed by atoms with E-state index >= 15 is 0 Å². The highest BCUT2D eigenvalue weighted by Crippen LogP contribution is 2.32. The van der Waals surface area contributed by atoms with E-state index in [9.17, 15) is 4.79 Å². The lowest BCUT2D eigenvalue weighted by atomic mass is 9.99. The van der Waals surface area contributed by atoms with Crippen molar-refractivity contribution in [2.24, 2.45) is 0 Å². The first-order chi connectivity index (χ1) is 16.5. The third-order valence-electron chi connectivity index (χ3n) is 6.53. The third kappa shape index (κ3) is 4.14. The van der Waals surface area contributed by atoms with Crippen LogP contribution in [0.4, 0.5) is 0 Å². The number of likely N-dealkylation sites (tertiary alicyclic amines) is 1. The smallest absolute Gasteiger partial charge is 0.254 e. The van der Waals surface area contributed by atoms with Gasteiger partial charge in [0.2, 0.25) is 0 Å². The Morgan fingerprint density at radius 3 is 2.82 bits per heavy atom. The number of aromatic nitrogens is 4. The molecule has 5 rings (SSSR count). The van der Waals surface area contributed by atoms with Crippen LogP contribution in [0.15, 0.2) is 54.9 Å². The molecular weight excluding hydrogens is 426 g/mol. The highest BCUT2D eigenvalue weighted by molar-refractivity contribution is 5.94. The first kappa shape index (κ1) is 22.1. The Morgan fingerprint density at radius 2 is 1.97 bits per heavy atom. The van der Waals surface area contributed by atoms with Crippen molar-refractivity contribution in [3.63, 3.8) is 0 Å². The summed E-state index contributed by atoms with van der Waals surface area (Å²) in [5, 5.41) is 0. The van der Waals surface area contributed by atoms with E-state index in [0.29, 0.717) is 18.5 Å². The number of hydrogen-bond donors (Lipinski definition) is 0. The number of pyridine rings is 1. The fourth-order valence-corrected chi connectivity index (χ4v) is 4.92. The second-order valence-electron chi connectivity index (χ2n) is 8.86. The van der Waals surface area contributed by atoms with E-state index in [1.807, 2.05) is 61.3 Å². The lowest BCUT2D eigenvalue weighted by molar-refractivity contribution is 0.0597. The molecule has 1 amide bonds. The molecule has 1 aliphatic heterocycles. The van der Waals surface area contributed by atoms with Crippen LogP contribution in [-0.2, 0) is 6.42 Å². The Hall–Kier alpha value is -3.74. The van der Waals surface area contributed by atoms with Gasteiger partial charge in [-0.05, 0) is 57.4 Å². The van der Waals surface area contributed by atoms with Crippen molar-refractivity contribution in [2.75, 3.05) is 13.7 Å². The summed E-state index contributed by atoms with van der Waals surface area (Å²) in [6.45, 7) is 4.68. The van der Waals surface area contributed by atoms with Crippen LogP contribution in [0.5, 0.6) is 5.75 Å². The average Bonchev–Trinajstić information content (AvgIpc) is 3.24. The minimum atomic E-state index is -0.0950. The molecule has 174 valence electrons. The van der Waals surface area contributed by atoms with Gasteiger partial charge in [0.25, 0.3) is 5.91 Å². The number of nitrogens with zero attached hydrogens (tertiary/aromatic N) is 5. The van der Waals surface area contributed by atoms with E-state index in [0.717, 1.165) is 59.1 Å². The zero-order valence-electron chi connectivity index (χ0n) is 19.9. The van der Waals surface area contributed by atoms with Crippen LogP contribution in [0, 0.1) is 13.8 Å². The Morgan fingerprint density at radius 1 is 1.12 bits per heavy atom. The summed E-state index contributed by atoms with van der Waals surface area (Å²) in [7, 11) is 1.67. The van der Waals surface area contributed by atoms with Gasteiger partial charge in [-0.25, -0.2) is 9.97 Å². The Bertz CT molecular complexity index is 1350. The maximum atomic E-state index is 13.8. The molecule has 7 heteroatoms. The van der Waals surface area contributed by atoms with Gasteiger partial charge in [-0.1, -0.05) is 18.2 Å². The first-order valence-corrected chi connectivity index (χ1v) is 11.7. The summed E-state index contributed by atoms with van der Waals surface area (Å²) >= 11 is 0. The number of rotatable bonds is 5. The molecule has 0 N–H and O–H groups in total. The predicted octanol–water partition coefficient (Wildman–Crippen LogP) is 4.71. The number of benzene rings is 1. The fourth-order valence-electron chi connectivity index (χ4n) is 4.92. The molecule has 1 unspecified atom stereocenters. The molecule has 0 bridgehead atoms. The van der Waals surface area contributed by atoms with Crippen molar-refractivity contribution >= 4 is 11.4 Å². The van der Waals surface area contributed by atoms with Crippen LogP contribution < -0.4 is 4.74 Å². The number of hydrogen-bond acceptors (Lipinski definition) is 5. The summed E-state index contributed by atoms with van der Waals surface area (Å²) in [6.07, 6.45) is 7.13. The van der Waals surface area contributed by atoms with Crippen molar-refractivity contribution in [1.29, 1.82) is 0 Å². The molecule has 0 radical (unpaired) electrons. The molecule has 4 aromatic rings. The van der Waals surface area contributed by atoms with E-state index in [2.05, 4.69) is 14.4 Å². The zero-order chi connectivity index (χ0) is 23.7. The van der Waals surface area contributed by atoms with Crippen LogP contribution in [-0.4, -0.2) is 43.8 Å². The van der Waals surface area contributed by atoms with Crippen molar-refractivity contribution in [3.05, 3.63) is 89.0 Å². The lowest BCUT2D eigenvalue weighted by Crippen LogP contribution is -2.40. The van der Waals surface area contributed by atoms with Crippen LogP contribution in [0.2, 0.25) is 0 Å². The Kier molecular flexibility index (Phi) is 6.01. The second kappa shape index (κ2) is 9.25. The lowest BCUT2D eigenvalue weighted by Gasteiger charge is -2.36. The monoisotopic (exact) mass is 455 g/mol. The minimum absolute atomic E-state index is 0.0163. The summed E-state index contributed by atoms with van der Waals surface area (Å²) in [4.78, 5) is 29.6. The number of carbonyl (C=O) groups excluding carboxylic acids is 1. The number of imidazole rings is 1. The van der Waals surface area contributed by atoms with Gasteiger partial charge >= 0.3 is 0 Å². The standard InChI is InChI=1S/C27H29N5O2/c1-18-14-23-17-29-19(2)32(23)26(30-18)24-9-6-7-13-31(24)27(33)21-11-12-28-22(16-21)15-20-8-4-5-10-25(20)34-3/h4-5,8,10-12,14,16-17,24H,6-7,9,13,15H2,1-3H3. The minimum Gasteiger partial charge on any atom is -0.496 e. The molecule has 0 spiro atoms. The maximum Gasteiger partial charge on any atom is 0.254 e. The average molecular weight is 456 g/mol. The summed E-state index contributed by atoms with van der Waals surface area (Å²) in [5.41, 5.74) is 4.48. The van der Waals surface area contributed by atoms with E-state index < -0.39 is 0 Å². The van der Waals surface area contributed by atoms with Gasteiger partial charge in [0.1, 0.15) is 17.4 Å². The molecular formula is C27H29N5O2. The summed E-state index contributed by atoms with van der Waals surface area (Å²) < 4.78 is 7.57. The molecule has 1 aliphatic rings. The van der Waals surface area contributed by atoms with Gasteiger partial charge in [0, 0.05) is 41.7 Å². The van der Waals surface area contributed by atoms with Gasteiger partial charge in [0.05, 0.1) is 24.9 Å². The fraction of sp³-hybridized carbons (Fsp3) is 0.333. The van der Waals surface area contributed by atoms with Crippen LogP contribution >= 0.6 is 0 Å². The van der Waals surface area contributed by atoms with Crippen molar-refractivity contribution in [1.82, 2.24) is 24.3 Å². The molecule has 1 saturated heterocycles. The number of ether oxygens (including phenoxy) is 1. The number of para-hydroxylation sites is 1. The third-order valence-corrected chi connectivity index (χ3v) is 6.53. The zero-order valence-corrected chi connectivity index (χ0v) is 19.9. The Labute approximate surface area is 199 Å². The molecule has 1 aromatic carbocycles. The number of piperidine rings is 1. The van der Waals surface area contributed by atoms with E-state index in [-0.39, 0.29) is 11.9 Å². The second-order valence-corrected chi connectivity index (χ2v) is 8.86. The highest BCUT2D eigenvalue weighted by Gasteiger charge is 2.32. The number of carbonyl (C=O) groups is 1. The number of methoxy groups -OCH3 is 1. The van der Waals surface area contributed by atoms with Gasteiger partial charge in [-0.15, -0.1) is 0 Å². The molecule has 0 saturated carbocycles. The SMILES string of the molecule is COc1ccccc1Cc1cc(C(=O)N2CCCCC2c2nc(C)cc3cnc(C)n23)ccn1. The van der Waals surface area contributed by atoms with Crippen LogP contribution in [0.25, 0.3) is 5.52 Å². The molecule has 3 aromatic heterocycles. The van der Waals surface area contributed by atoms with E-state index in [1.165, 1.54) is 0 Å². The topological polar surface area (TPSA) is 72.6 Å². The largest absolute Gasteiger partial charge is 0.496 e. The molecule has 34 heavy (non-hydrogen) atoms. The highest BCUT2D eigenvalue weighted by atomic mass is 16.5. The van der Waals surface area contributed by atoms with Gasteiger partial charge in [0.15, 0.2) is 0 Å².